The number of rotatable bonds is 12. The standard InChI is InChI=1S/C25H50O5Si2/c1-20(26)14-13-15-21(29-31(9,10)24(2,3)4)16-17-22(18-19-23(27)28-8)30-32(11,12)25(5,6)7/h16-22,26H,13-15H2,1-12H3/b17-16-,19-18+/t20-,21+,22-/m0/s1. The Morgan fingerprint density at radius 3 is 1.81 bits per heavy atom. The van der Waals surface area contributed by atoms with Gasteiger partial charge in [0.05, 0.1) is 25.4 Å². The van der Waals surface area contributed by atoms with Crippen molar-refractivity contribution in [2.45, 2.75) is 122 Å². The summed E-state index contributed by atoms with van der Waals surface area (Å²) in [6.07, 6.45) is 9.05. The van der Waals surface area contributed by atoms with E-state index in [1.165, 1.54) is 13.2 Å². The molecule has 0 fully saturated rings. The zero-order chi connectivity index (χ0) is 25.4. The van der Waals surface area contributed by atoms with Gasteiger partial charge in [0.25, 0.3) is 0 Å². The normalized spacial score (nSPS) is 17.0. The summed E-state index contributed by atoms with van der Waals surface area (Å²) in [5, 5.41) is 9.83. The van der Waals surface area contributed by atoms with Crippen LogP contribution >= 0.6 is 0 Å². The third-order valence-electron chi connectivity index (χ3n) is 6.74. The second-order valence-corrected chi connectivity index (χ2v) is 21.3. The van der Waals surface area contributed by atoms with Gasteiger partial charge in [-0.05, 0) is 68.5 Å². The van der Waals surface area contributed by atoms with Crippen molar-refractivity contribution in [2.75, 3.05) is 7.11 Å². The molecule has 0 spiro atoms. The van der Waals surface area contributed by atoms with Crippen LogP contribution in [0.15, 0.2) is 24.3 Å². The Morgan fingerprint density at radius 2 is 1.38 bits per heavy atom. The van der Waals surface area contributed by atoms with Gasteiger partial charge < -0.3 is 18.7 Å². The molecule has 0 radical (unpaired) electrons. The summed E-state index contributed by atoms with van der Waals surface area (Å²) in [7, 11) is -2.66. The minimum absolute atomic E-state index is 0.0481. The first-order chi connectivity index (χ1) is 14.3. The Kier molecular flexibility index (Phi) is 12.4. The van der Waals surface area contributed by atoms with Crippen LogP contribution in [0.1, 0.15) is 67.7 Å². The lowest BCUT2D eigenvalue weighted by Gasteiger charge is -2.39. The summed E-state index contributed by atoms with van der Waals surface area (Å²) in [6, 6.07) is 0. The van der Waals surface area contributed by atoms with Crippen molar-refractivity contribution in [1.82, 2.24) is 0 Å². The van der Waals surface area contributed by atoms with Gasteiger partial charge in [0.1, 0.15) is 0 Å². The molecule has 0 saturated carbocycles. The maximum atomic E-state index is 11.7. The molecule has 1 N–H and O–H groups in total. The molecule has 32 heavy (non-hydrogen) atoms. The molecule has 0 aliphatic carbocycles. The molecule has 0 aromatic rings. The minimum atomic E-state index is -2.06. The van der Waals surface area contributed by atoms with Gasteiger partial charge in [0, 0.05) is 6.08 Å². The molecule has 0 aliphatic heterocycles. The van der Waals surface area contributed by atoms with Crippen LogP contribution in [0.4, 0.5) is 0 Å². The van der Waals surface area contributed by atoms with Crippen molar-refractivity contribution >= 4 is 22.6 Å². The van der Waals surface area contributed by atoms with Crippen LogP contribution in [-0.2, 0) is 18.4 Å². The number of hydrogen-bond acceptors (Lipinski definition) is 5. The van der Waals surface area contributed by atoms with Crippen LogP contribution < -0.4 is 0 Å². The topological polar surface area (TPSA) is 65.0 Å². The fraction of sp³-hybridized carbons (Fsp3) is 0.800. The highest BCUT2D eigenvalue weighted by Crippen LogP contribution is 2.39. The molecular weight excluding hydrogens is 436 g/mol. The summed E-state index contributed by atoms with van der Waals surface area (Å²) < 4.78 is 18.0. The van der Waals surface area contributed by atoms with E-state index in [4.69, 9.17) is 13.6 Å². The monoisotopic (exact) mass is 486 g/mol. The highest BCUT2D eigenvalue weighted by Gasteiger charge is 2.40. The zero-order valence-electron chi connectivity index (χ0n) is 22.7. The molecule has 7 heteroatoms. The number of esters is 1. The van der Waals surface area contributed by atoms with Gasteiger partial charge in [0.15, 0.2) is 16.6 Å². The summed E-state index contributed by atoms with van der Waals surface area (Å²) in [4.78, 5) is 11.7. The molecule has 0 heterocycles. The number of carbonyl (C=O) groups excluding carboxylic acids is 1. The summed E-state index contributed by atoms with van der Waals surface area (Å²) in [6.45, 7) is 24.0. The molecule has 188 valence electrons. The fourth-order valence-corrected chi connectivity index (χ4v) is 5.00. The molecule has 5 nitrogen and oxygen atoms in total. The second-order valence-electron chi connectivity index (χ2n) is 11.8. The maximum Gasteiger partial charge on any atom is 0.330 e. The summed E-state index contributed by atoms with van der Waals surface area (Å²) >= 11 is 0. The predicted octanol–water partition coefficient (Wildman–Crippen LogP) is 6.60. The Hall–Kier alpha value is -0.736. The van der Waals surface area contributed by atoms with Gasteiger partial charge in [-0.15, -0.1) is 0 Å². The lowest BCUT2D eigenvalue weighted by atomic mass is 10.1. The van der Waals surface area contributed by atoms with Crippen molar-refractivity contribution in [3.8, 4) is 0 Å². The Balaban J connectivity index is 5.80. The smallest absolute Gasteiger partial charge is 0.330 e. The number of methoxy groups -OCH3 is 1. The van der Waals surface area contributed by atoms with Crippen LogP contribution in [0.3, 0.4) is 0 Å². The van der Waals surface area contributed by atoms with E-state index < -0.39 is 22.6 Å². The highest BCUT2D eigenvalue weighted by molar-refractivity contribution is 6.74. The molecule has 0 aromatic carbocycles. The lowest BCUT2D eigenvalue weighted by Crippen LogP contribution is -2.44. The second kappa shape index (κ2) is 12.6. The molecule has 3 atom stereocenters. The first-order valence-electron chi connectivity index (χ1n) is 11.8. The SMILES string of the molecule is COC(=O)/C=C/[C@H](/C=C\[C@@H](CCC[C@H](C)O)O[Si](C)(C)C(C)(C)C)O[Si](C)(C)C(C)(C)C. The molecule has 0 rings (SSSR count). The molecule has 0 amide bonds. The highest BCUT2D eigenvalue weighted by atomic mass is 28.4. The first kappa shape index (κ1) is 31.3. The van der Waals surface area contributed by atoms with Crippen molar-refractivity contribution < 1.29 is 23.5 Å². The van der Waals surface area contributed by atoms with E-state index in [1.807, 2.05) is 13.0 Å². The van der Waals surface area contributed by atoms with Gasteiger partial charge in [0.2, 0.25) is 0 Å². The number of ether oxygens (including phenoxy) is 1. The quantitative estimate of drug-likeness (QED) is 0.146. The van der Waals surface area contributed by atoms with E-state index in [0.717, 1.165) is 19.3 Å². The molecule has 0 aliphatic rings. The van der Waals surface area contributed by atoms with E-state index in [0.29, 0.717) is 0 Å². The number of hydrogen-bond donors (Lipinski definition) is 1. The molecule has 0 aromatic heterocycles. The minimum Gasteiger partial charge on any atom is -0.466 e. The number of aliphatic hydroxyl groups is 1. The van der Waals surface area contributed by atoms with Crippen molar-refractivity contribution in [1.29, 1.82) is 0 Å². The Bertz CT molecular complexity index is 625. The van der Waals surface area contributed by atoms with Crippen molar-refractivity contribution in [3.63, 3.8) is 0 Å². The van der Waals surface area contributed by atoms with Crippen LogP contribution in [0.5, 0.6) is 0 Å². The Labute approximate surface area is 199 Å². The van der Waals surface area contributed by atoms with Gasteiger partial charge in [-0.25, -0.2) is 4.79 Å². The van der Waals surface area contributed by atoms with Gasteiger partial charge >= 0.3 is 5.97 Å². The number of aliphatic hydroxyl groups excluding tert-OH is 1. The van der Waals surface area contributed by atoms with Crippen LogP contribution in [-0.4, -0.2) is 53.1 Å². The maximum absolute atomic E-state index is 11.7. The van der Waals surface area contributed by atoms with Gasteiger partial charge in [-0.2, -0.15) is 0 Å². The largest absolute Gasteiger partial charge is 0.466 e. The first-order valence-corrected chi connectivity index (χ1v) is 17.6. The van der Waals surface area contributed by atoms with Crippen molar-refractivity contribution in [3.05, 3.63) is 24.3 Å². The van der Waals surface area contributed by atoms with E-state index in [1.54, 1.807) is 6.08 Å². The average Bonchev–Trinajstić information content (AvgIpc) is 2.60. The molecular formula is C25H50O5Si2. The van der Waals surface area contributed by atoms with E-state index in [-0.39, 0.29) is 28.4 Å². The molecule has 0 bridgehead atoms. The van der Waals surface area contributed by atoms with Crippen LogP contribution in [0.2, 0.25) is 36.3 Å². The third kappa shape index (κ3) is 11.4. The molecule has 0 saturated heterocycles. The van der Waals surface area contributed by atoms with Gasteiger partial charge in [-0.3, -0.25) is 0 Å². The average molecular weight is 487 g/mol. The van der Waals surface area contributed by atoms with Crippen LogP contribution in [0, 0.1) is 0 Å². The molecule has 0 unspecified atom stereocenters. The van der Waals surface area contributed by atoms with Gasteiger partial charge in [-0.1, -0.05) is 53.7 Å². The third-order valence-corrected chi connectivity index (χ3v) is 15.7. The summed E-state index contributed by atoms with van der Waals surface area (Å²) in [5.74, 6) is -0.395. The lowest BCUT2D eigenvalue weighted by molar-refractivity contribution is -0.134. The van der Waals surface area contributed by atoms with Crippen molar-refractivity contribution in [2.24, 2.45) is 0 Å². The fourth-order valence-electron chi connectivity index (χ4n) is 2.50. The number of carbonyl (C=O) groups is 1. The zero-order valence-corrected chi connectivity index (χ0v) is 24.7. The van der Waals surface area contributed by atoms with Crippen LogP contribution in [0.25, 0.3) is 0 Å². The van der Waals surface area contributed by atoms with E-state index in [9.17, 15) is 9.90 Å². The summed E-state index contributed by atoms with van der Waals surface area (Å²) in [5.41, 5.74) is 0. The van der Waals surface area contributed by atoms with E-state index in [2.05, 4.69) is 73.8 Å². The Morgan fingerprint density at radius 1 is 0.875 bits per heavy atom. The predicted molar refractivity (Wildman–Crippen MR) is 140 cm³/mol. The van der Waals surface area contributed by atoms with E-state index >= 15 is 0 Å².